The molecule has 62 valence electrons. The van der Waals surface area contributed by atoms with Crippen LogP contribution in [-0.2, 0) is 0 Å². The Kier molecular flexibility index (Phi) is 3.41. The van der Waals surface area contributed by atoms with E-state index in [1.165, 1.54) is 18.0 Å². The van der Waals surface area contributed by atoms with Crippen LogP contribution in [0.2, 0.25) is 0 Å². The van der Waals surface area contributed by atoms with E-state index in [0.29, 0.717) is 5.88 Å². The molecule has 0 radical (unpaired) electrons. The van der Waals surface area contributed by atoms with Crippen molar-refractivity contribution < 1.29 is 4.74 Å². The van der Waals surface area contributed by atoms with Crippen LogP contribution >= 0.6 is 11.8 Å². The van der Waals surface area contributed by atoms with Crippen LogP contribution in [0.1, 0.15) is 0 Å². The minimum absolute atomic E-state index is 0.567. The molecule has 0 N–H and O–H groups in total. The predicted molar refractivity (Wildman–Crippen MR) is 51.1 cm³/mol. The predicted octanol–water partition coefficient (Wildman–Crippen LogP) is 2.84. The average molecular weight is 179 g/mol. The SMILES string of the molecule is C=COc1ncccc1SC=C. The molecular weight excluding hydrogens is 170 g/mol. The molecule has 2 nitrogen and oxygen atoms in total. The summed E-state index contributed by atoms with van der Waals surface area (Å²) in [5.41, 5.74) is 0. The summed E-state index contributed by atoms with van der Waals surface area (Å²) in [5.74, 6) is 0.567. The van der Waals surface area contributed by atoms with Crippen LogP contribution in [0.5, 0.6) is 5.88 Å². The lowest BCUT2D eigenvalue weighted by atomic mass is 10.5. The van der Waals surface area contributed by atoms with E-state index in [1.807, 2.05) is 12.1 Å². The van der Waals surface area contributed by atoms with Gasteiger partial charge in [-0.15, -0.1) is 0 Å². The monoisotopic (exact) mass is 179 g/mol. The van der Waals surface area contributed by atoms with Gasteiger partial charge in [-0.2, -0.15) is 0 Å². The Labute approximate surface area is 76.0 Å². The van der Waals surface area contributed by atoms with Gasteiger partial charge in [0.25, 0.3) is 0 Å². The quantitative estimate of drug-likeness (QED) is 0.524. The van der Waals surface area contributed by atoms with Crippen LogP contribution in [0, 0.1) is 0 Å². The van der Waals surface area contributed by atoms with Crippen molar-refractivity contribution in [2.45, 2.75) is 4.90 Å². The molecule has 0 amide bonds. The highest BCUT2D eigenvalue weighted by Gasteiger charge is 2.00. The Bertz CT molecular complexity index is 257. The minimum Gasteiger partial charge on any atom is -0.446 e. The van der Waals surface area contributed by atoms with Gasteiger partial charge < -0.3 is 4.74 Å². The maximum absolute atomic E-state index is 5.07. The van der Waals surface area contributed by atoms with Gasteiger partial charge in [0.05, 0.1) is 11.2 Å². The molecule has 1 rings (SSSR count). The van der Waals surface area contributed by atoms with Crippen LogP contribution in [-0.4, -0.2) is 4.98 Å². The Morgan fingerprint density at radius 2 is 2.33 bits per heavy atom. The van der Waals surface area contributed by atoms with E-state index >= 15 is 0 Å². The molecule has 1 aromatic rings. The van der Waals surface area contributed by atoms with Gasteiger partial charge in [-0.25, -0.2) is 4.98 Å². The van der Waals surface area contributed by atoms with Crippen LogP contribution in [0.4, 0.5) is 0 Å². The van der Waals surface area contributed by atoms with E-state index < -0.39 is 0 Å². The van der Waals surface area contributed by atoms with Crippen LogP contribution in [0.25, 0.3) is 0 Å². The number of hydrogen-bond acceptors (Lipinski definition) is 3. The van der Waals surface area contributed by atoms with E-state index in [9.17, 15) is 0 Å². The molecule has 0 aromatic carbocycles. The molecule has 0 fully saturated rings. The Balaban J connectivity index is 2.90. The molecule has 0 bridgehead atoms. The molecule has 0 unspecified atom stereocenters. The highest BCUT2D eigenvalue weighted by Crippen LogP contribution is 2.26. The molecule has 0 saturated carbocycles. The van der Waals surface area contributed by atoms with Crippen molar-refractivity contribution in [3.63, 3.8) is 0 Å². The second-order valence-corrected chi connectivity index (χ2v) is 2.88. The smallest absolute Gasteiger partial charge is 0.232 e. The summed E-state index contributed by atoms with van der Waals surface area (Å²) in [7, 11) is 0. The number of pyridine rings is 1. The molecule has 0 saturated heterocycles. The van der Waals surface area contributed by atoms with Crippen LogP contribution < -0.4 is 4.74 Å². The first-order valence-electron chi connectivity index (χ1n) is 3.38. The zero-order valence-corrected chi connectivity index (χ0v) is 7.38. The number of nitrogens with zero attached hydrogens (tertiary/aromatic N) is 1. The van der Waals surface area contributed by atoms with Crippen molar-refractivity contribution in [1.29, 1.82) is 0 Å². The summed E-state index contributed by atoms with van der Waals surface area (Å²) in [6.07, 6.45) is 3.03. The zero-order valence-electron chi connectivity index (χ0n) is 6.56. The zero-order chi connectivity index (χ0) is 8.81. The maximum atomic E-state index is 5.07. The van der Waals surface area contributed by atoms with Crippen molar-refractivity contribution in [1.82, 2.24) is 4.98 Å². The number of hydrogen-bond donors (Lipinski definition) is 0. The summed E-state index contributed by atoms with van der Waals surface area (Å²) >= 11 is 1.47. The Morgan fingerprint density at radius 3 is 3.00 bits per heavy atom. The molecule has 0 aliphatic carbocycles. The third kappa shape index (κ3) is 2.13. The summed E-state index contributed by atoms with van der Waals surface area (Å²) in [4.78, 5) is 4.96. The molecular formula is C9H9NOS. The minimum atomic E-state index is 0.567. The molecule has 1 heterocycles. The van der Waals surface area contributed by atoms with Gasteiger partial charge in [0.1, 0.15) is 0 Å². The largest absolute Gasteiger partial charge is 0.446 e. The molecule has 0 spiro atoms. The van der Waals surface area contributed by atoms with Gasteiger partial charge in [0, 0.05) is 6.20 Å². The fourth-order valence-corrected chi connectivity index (χ4v) is 1.26. The van der Waals surface area contributed by atoms with Crippen LogP contribution in [0.15, 0.2) is 48.1 Å². The molecule has 1 aromatic heterocycles. The molecule has 0 aliphatic rings. The first-order chi connectivity index (χ1) is 5.88. The Morgan fingerprint density at radius 1 is 1.50 bits per heavy atom. The molecule has 0 aliphatic heterocycles. The maximum Gasteiger partial charge on any atom is 0.232 e. The van der Waals surface area contributed by atoms with Crippen molar-refractivity contribution >= 4 is 11.8 Å². The highest BCUT2D eigenvalue weighted by atomic mass is 32.2. The van der Waals surface area contributed by atoms with Gasteiger partial charge in [-0.3, -0.25) is 0 Å². The van der Waals surface area contributed by atoms with Crippen molar-refractivity contribution in [2.24, 2.45) is 0 Å². The first-order valence-corrected chi connectivity index (χ1v) is 4.26. The number of rotatable bonds is 4. The lowest BCUT2D eigenvalue weighted by Gasteiger charge is -2.02. The summed E-state index contributed by atoms with van der Waals surface area (Å²) in [6, 6.07) is 3.76. The van der Waals surface area contributed by atoms with E-state index in [0.717, 1.165) is 4.90 Å². The van der Waals surface area contributed by atoms with Crippen molar-refractivity contribution in [3.05, 3.63) is 43.2 Å². The van der Waals surface area contributed by atoms with Gasteiger partial charge in [0.15, 0.2) is 0 Å². The second kappa shape index (κ2) is 4.62. The summed E-state index contributed by atoms with van der Waals surface area (Å²) in [6.45, 7) is 7.07. The van der Waals surface area contributed by atoms with Gasteiger partial charge in [-0.1, -0.05) is 24.9 Å². The van der Waals surface area contributed by atoms with E-state index in [4.69, 9.17) is 4.74 Å². The van der Waals surface area contributed by atoms with Gasteiger partial charge >= 0.3 is 0 Å². The third-order valence-electron chi connectivity index (χ3n) is 1.14. The highest BCUT2D eigenvalue weighted by molar-refractivity contribution is 8.02. The van der Waals surface area contributed by atoms with E-state index in [1.54, 1.807) is 11.6 Å². The van der Waals surface area contributed by atoms with E-state index in [-0.39, 0.29) is 0 Å². The first kappa shape index (κ1) is 8.87. The van der Waals surface area contributed by atoms with E-state index in [2.05, 4.69) is 18.1 Å². The summed E-state index contributed by atoms with van der Waals surface area (Å²) < 4.78 is 5.07. The Hall–Kier alpha value is -1.22. The molecule has 0 atom stereocenters. The molecule has 3 heteroatoms. The van der Waals surface area contributed by atoms with Gasteiger partial charge in [0.2, 0.25) is 5.88 Å². The third-order valence-corrected chi connectivity index (χ3v) is 1.87. The number of aromatic nitrogens is 1. The second-order valence-electron chi connectivity index (χ2n) is 1.88. The standard InChI is InChI=1S/C9H9NOS/c1-3-11-9-8(12-4-2)6-5-7-10-9/h3-7H,1-2H2. The van der Waals surface area contributed by atoms with Crippen molar-refractivity contribution in [3.8, 4) is 5.88 Å². The fraction of sp³-hybridized carbons (Fsp3) is 0. The van der Waals surface area contributed by atoms with Gasteiger partial charge in [-0.05, 0) is 17.5 Å². The lowest BCUT2D eigenvalue weighted by Crippen LogP contribution is -1.86. The topological polar surface area (TPSA) is 22.1 Å². The van der Waals surface area contributed by atoms with Crippen molar-refractivity contribution in [2.75, 3.05) is 0 Å². The number of thioether (sulfide) groups is 1. The summed E-state index contributed by atoms with van der Waals surface area (Å²) in [5, 5.41) is 1.73. The van der Waals surface area contributed by atoms with Crippen LogP contribution in [0.3, 0.4) is 0 Å². The fourth-order valence-electron chi connectivity index (χ4n) is 0.723. The normalized spacial score (nSPS) is 9.00. The molecule has 12 heavy (non-hydrogen) atoms. The lowest BCUT2D eigenvalue weighted by molar-refractivity contribution is 0.451. The number of ether oxygens (including phenoxy) is 1. The average Bonchev–Trinajstić information content (AvgIpc) is 2.09.